The number of rotatable bonds is 8. The number of imide groups is 1. The van der Waals surface area contributed by atoms with Crippen molar-refractivity contribution >= 4 is 61.9 Å². The standard InChI is InChI=1S/C26H22N4O7S3/c31-24(27-11-12-28-25(32)22(39-26(28)33)15-19-8-5-13-38-19)21-14-17-6-1-2-7-18(17)16-29(21)40(36,37)23-10-4-3-9-20(23)30(34)35/h1-10,13,15,21H,11-12,14,16H2,(H,27,31)/b22-15-/t21-/m0/s1. The highest BCUT2D eigenvalue weighted by atomic mass is 32.2. The maximum absolute atomic E-state index is 13.7. The van der Waals surface area contributed by atoms with E-state index in [9.17, 15) is 32.9 Å². The summed E-state index contributed by atoms with van der Waals surface area (Å²) >= 11 is 2.24. The monoisotopic (exact) mass is 598 g/mol. The highest BCUT2D eigenvalue weighted by Crippen LogP contribution is 2.34. The number of hydrogen-bond donors (Lipinski definition) is 1. The molecule has 1 fully saturated rings. The minimum Gasteiger partial charge on any atom is -0.353 e. The molecule has 40 heavy (non-hydrogen) atoms. The van der Waals surface area contributed by atoms with Crippen LogP contribution in [0.5, 0.6) is 0 Å². The number of thioether (sulfide) groups is 1. The van der Waals surface area contributed by atoms with E-state index in [1.165, 1.54) is 23.5 Å². The summed E-state index contributed by atoms with van der Waals surface area (Å²) in [5, 5.41) is 15.6. The van der Waals surface area contributed by atoms with Crippen LogP contribution in [0.2, 0.25) is 0 Å². The molecule has 3 amide bonds. The van der Waals surface area contributed by atoms with Crippen LogP contribution in [0.1, 0.15) is 16.0 Å². The summed E-state index contributed by atoms with van der Waals surface area (Å²) in [6.07, 6.45) is 1.69. The van der Waals surface area contributed by atoms with Crippen molar-refractivity contribution in [1.82, 2.24) is 14.5 Å². The van der Waals surface area contributed by atoms with Crippen LogP contribution in [0, 0.1) is 10.1 Å². The van der Waals surface area contributed by atoms with Gasteiger partial charge in [-0.05, 0) is 52.9 Å². The van der Waals surface area contributed by atoms with E-state index < -0.39 is 48.6 Å². The number of carbonyl (C=O) groups excluding carboxylic acids is 3. The van der Waals surface area contributed by atoms with Crippen LogP contribution in [-0.2, 0) is 32.6 Å². The van der Waals surface area contributed by atoms with Crippen LogP contribution >= 0.6 is 23.1 Å². The molecule has 1 aromatic heterocycles. The van der Waals surface area contributed by atoms with E-state index in [1.54, 1.807) is 30.3 Å². The molecule has 5 rings (SSSR count). The van der Waals surface area contributed by atoms with Crippen LogP contribution in [0.15, 0.2) is 75.8 Å². The molecule has 0 unspecified atom stereocenters. The third-order valence-corrected chi connectivity index (χ3v) is 10.1. The van der Waals surface area contributed by atoms with Gasteiger partial charge in [0.25, 0.3) is 26.9 Å². The lowest BCUT2D eigenvalue weighted by molar-refractivity contribution is -0.387. The molecule has 0 saturated carbocycles. The zero-order valence-electron chi connectivity index (χ0n) is 20.8. The Hall–Kier alpha value is -3.85. The van der Waals surface area contributed by atoms with E-state index in [0.717, 1.165) is 43.5 Å². The van der Waals surface area contributed by atoms with E-state index in [4.69, 9.17) is 0 Å². The first-order chi connectivity index (χ1) is 19.2. The van der Waals surface area contributed by atoms with Crippen LogP contribution in [-0.4, -0.2) is 58.7 Å². The van der Waals surface area contributed by atoms with Gasteiger partial charge in [-0.15, -0.1) is 11.3 Å². The highest BCUT2D eigenvalue weighted by molar-refractivity contribution is 8.18. The van der Waals surface area contributed by atoms with Crippen molar-refractivity contribution in [2.24, 2.45) is 0 Å². The lowest BCUT2D eigenvalue weighted by Crippen LogP contribution is -2.53. The van der Waals surface area contributed by atoms with Crippen molar-refractivity contribution in [1.29, 1.82) is 0 Å². The second-order valence-electron chi connectivity index (χ2n) is 8.90. The van der Waals surface area contributed by atoms with Gasteiger partial charge >= 0.3 is 0 Å². The molecule has 11 nitrogen and oxygen atoms in total. The SMILES string of the molecule is O=C(NCCN1C(=O)S/C(=C\c2cccs2)C1=O)[C@@H]1Cc2ccccc2CN1S(=O)(=O)c1ccccc1[N+](=O)[O-]. The van der Waals surface area contributed by atoms with Gasteiger partial charge in [-0.25, -0.2) is 8.42 Å². The Balaban J connectivity index is 1.34. The first kappa shape index (κ1) is 27.7. The Morgan fingerprint density at radius 1 is 1.07 bits per heavy atom. The molecule has 2 aliphatic rings. The summed E-state index contributed by atoms with van der Waals surface area (Å²) < 4.78 is 28.4. The average Bonchev–Trinajstić information content (AvgIpc) is 3.55. The van der Waals surface area contributed by atoms with Gasteiger partial charge in [0.15, 0.2) is 4.90 Å². The smallest absolute Gasteiger partial charge is 0.293 e. The van der Waals surface area contributed by atoms with Crippen LogP contribution in [0.4, 0.5) is 10.5 Å². The first-order valence-corrected chi connectivity index (χ1v) is 15.2. The van der Waals surface area contributed by atoms with E-state index in [-0.39, 0.29) is 31.0 Å². The number of nitrogens with zero attached hydrogens (tertiary/aromatic N) is 3. The topological polar surface area (TPSA) is 147 Å². The lowest BCUT2D eigenvalue weighted by atomic mass is 9.95. The third kappa shape index (κ3) is 5.43. The normalized spacial score (nSPS) is 18.6. The maximum Gasteiger partial charge on any atom is 0.293 e. The van der Waals surface area contributed by atoms with Gasteiger partial charge in [0.1, 0.15) is 6.04 Å². The van der Waals surface area contributed by atoms with Crippen LogP contribution < -0.4 is 5.32 Å². The second kappa shape index (κ2) is 11.3. The zero-order chi connectivity index (χ0) is 28.4. The van der Waals surface area contributed by atoms with Crippen molar-refractivity contribution in [2.75, 3.05) is 13.1 Å². The van der Waals surface area contributed by atoms with Crippen molar-refractivity contribution in [2.45, 2.75) is 23.9 Å². The van der Waals surface area contributed by atoms with Crippen LogP contribution in [0.25, 0.3) is 6.08 Å². The Morgan fingerprint density at radius 3 is 2.52 bits per heavy atom. The molecule has 1 N–H and O–H groups in total. The van der Waals surface area contributed by atoms with Crippen molar-refractivity contribution < 1.29 is 27.7 Å². The molecule has 206 valence electrons. The third-order valence-electron chi connectivity index (χ3n) is 6.48. The Kier molecular flexibility index (Phi) is 7.85. The van der Waals surface area contributed by atoms with Crippen LogP contribution in [0.3, 0.4) is 0 Å². The van der Waals surface area contributed by atoms with E-state index >= 15 is 0 Å². The minimum atomic E-state index is -4.46. The number of fused-ring (bicyclic) bond motifs is 1. The van der Waals surface area contributed by atoms with Crippen molar-refractivity contribution in [3.8, 4) is 0 Å². The fourth-order valence-corrected chi connectivity index (χ4v) is 7.84. The predicted octanol–water partition coefficient (Wildman–Crippen LogP) is 3.62. The molecule has 1 saturated heterocycles. The summed E-state index contributed by atoms with van der Waals surface area (Å²) in [5.74, 6) is -1.11. The molecule has 1 atom stereocenters. The van der Waals surface area contributed by atoms with Gasteiger partial charge < -0.3 is 5.32 Å². The molecular weight excluding hydrogens is 577 g/mol. The summed E-state index contributed by atoms with van der Waals surface area (Å²) in [5.41, 5.74) is 0.876. The first-order valence-electron chi connectivity index (χ1n) is 12.1. The molecule has 3 aromatic rings. The number of thiophene rings is 1. The summed E-state index contributed by atoms with van der Waals surface area (Å²) in [7, 11) is -4.46. The Bertz CT molecular complexity index is 1640. The van der Waals surface area contributed by atoms with Crippen molar-refractivity contribution in [3.63, 3.8) is 0 Å². The number of nitrogens with one attached hydrogen (secondary N) is 1. The van der Waals surface area contributed by atoms with Gasteiger partial charge in [-0.2, -0.15) is 4.31 Å². The number of nitro groups is 1. The fourth-order valence-electron chi connectivity index (χ4n) is 4.53. The van der Waals surface area contributed by atoms with E-state index in [1.807, 2.05) is 17.5 Å². The zero-order valence-corrected chi connectivity index (χ0v) is 23.2. The van der Waals surface area contributed by atoms with Gasteiger partial charge in [0.05, 0.1) is 9.83 Å². The molecular formula is C26H22N4O7S3. The van der Waals surface area contributed by atoms with Gasteiger partial charge in [0.2, 0.25) is 5.91 Å². The van der Waals surface area contributed by atoms with Crippen molar-refractivity contribution in [3.05, 3.63) is 97.1 Å². The van der Waals surface area contributed by atoms with Gasteiger partial charge in [-0.1, -0.05) is 42.5 Å². The van der Waals surface area contributed by atoms with Gasteiger partial charge in [-0.3, -0.25) is 29.4 Å². The Morgan fingerprint density at radius 2 is 1.80 bits per heavy atom. The number of nitro benzene ring substituents is 1. The summed E-state index contributed by atoms with van der Waals surface area (Å²) in [6.45, 7) is -0.349. The van der Waals surface area contributed by atoms with E-state index in [0.29, 0.717) is 5.56 Å². The largest absolute Gasteiger partial charge is 0.353 e. The summed E-state index contributed by atoms with van der Waals surface area (Å²) in [4.78, 5) is 51.0. The molecule has 2 aromatic carbocycles. The highest BCUT2D eigenvalue weighted by Gasteiger charge is 2.42. The van der Waals surface area contributed by atoms with Gasteiger partial charge in [0, 0.05) is 30.6 Å². The number of sulfonamides is 1. The quantitative estimate of drug-likeness (QED) is 0.235. The summed E-state index contributed by atoms with van der Waals surface area (Å²) in [6, 6.07) is 14.5. The Labute approximate surface area is 237 Å². The van der Waals surface area contributed by atoms with E-state index in [2.05, 4.69) is 5.32 Å². The maximum atomic E-state index is 13.7. The number of hydrogen-bond acceptors (Lipinski definition) is 9. The minimum absolute atomic E-state index is 0.0486. The predicted molar refractivity (Wildman–Crippen MR) is 150 cm³/mol. The molecule has 2 aliphatic heterocycles. The molecule has 3 heterocycles. The molecule has 0 bridgehead atoms. The second-order valence-corrected chi connectivity index (χ2v) is 12.7. The molecule has 0 aliphatic carbocycles. The number of benzene rings is 2. The number of carbonyl (C=O) groups is 3. The average molecular weight is 599 g/mol. The fraction of sp³-hybridized carbons (Fsp3) is 0.192. The molecule has 0 spiro atoms. The number of para-hydroxylation sites is 1. The lowest BCUT2D eigenvalue weighted by Gasteiger charge is -2.35. The molecule has 14 heteroatoms. The number of amides is 3. The molecule has 0 radical (unpaired) electrons.